The summed E-state index contributed by atoms with van der Waals surface area (Å²) in [5.74, 6) is 0.802. The van der Waals surface area contributed by atoms with Gasteiger partial charge in [-0.05, 0) is 50.2 Å². The maximum Gasteiger partial charge on any atom is 0.217 e. The van der Waals surface area contributed by atoms with E-state index in [1.807, 2.05) is 14.1 Å². The van der Waals surface area contributed by atoms with Gasteiger partial charge in [-0.25, -0.2) is 12.8 Å². The van der Waals surface area contributed by atoms with Crippen LogP contribution in [0, 0.1) is 17.7 Å². The molecule has 0 aliphatic carbocycles. The first-order valence-electron chi connectivity index (χ1n) is 8.23. The van der Waals surface area contributed by atoms with Crippen molar-refractivity contribution < 1.29 is 17.5 Å². The third-order valence-corrected chi connectivity index (χ3v) is 6.40. The van der Waals surface area contributed by atoms with Crippen LogP contribution in [0.25, 0.3) is 0 Å². The van der Waals surface area contributed by atoms with Crippen molar-refractivity contribution in [2.45, 2.75) is 19.9 Å². The van der Waals surface area contributed by atoms with Crippen LogP contribution in [0.4, 0.5) is 4.39 Å². The molecule has 0 aromatic heterocycles. The number of likely N-dealkylation sites (N-methyl/N-ethyl adjacent to an activating group) is 1. The zero-order valence-corrected chi connectivity index (χ0v) is 15.6. The monoisotopic (exact) mass is 358 g/mol. The summed E-state index contributed by atoms with van der Waals surface area (Å²) >= 11 is 0. The molecule has 1 aliphatic heterocycles. The fourth-order valence-corrected chi connectivity index (χ4v) is 4.46. The molecule has 24 heavy (non-hydrogen) atoms. The van der Waals surface area contributed by atoms with Crippen molar-refractivity contribution in [1.82, 2.24) is 9.21 Å². The number of sulfonamides is 1. The molecule has 5 nitrogen and oxygen atoms in total. The molecule has 7 heteroatoms. The molecule has 136 valence electrons. The predicted octanol–water partition coefficient (Wildman–Crippen LogP) is 2.05. The zero-order valence-electron chi connectivity index (χ0n) is 14.8. The number of rotatable bonds is 7. The topological polar surface area (TPSA) is 49.9 Å². The zero-order chi connectivity index (χ0) is 17.9. The average Bonchev–Trinajstić information content (AvgIpc) is 2.96. The Labute approximate surface area is 144 Å². The summed E-state index contributed by atoms with van der Waals surface area (Å²) in [6.07, 6.45) is 0. The van der Waals surface area contributed by atoms with Gasteiger partial charge in [-0.1, -0.05) is 13.8 Å². The van der Waals surface area contributed by atoms with E-state index in [9.17, 15) is 12.8 Å². The molecule has 0 bridgehead atoms. The smallest absolute Gasteiger partial charge is 0.217 e. The van der Waals surface area contributed by atoms with Crippen molar-refractivity contribution in [3.8, 4) is 5.75 Å². The Hall–Kier alpha value is -1.18. The molecule has 0 saturated carbocycles. The van der Waals surface area contributed by atoms with Gasteiger partial charge in [0.1, 0.15) is 18.2 Å². The number of hydrogen-bond acceptors (Lipinski definition) is 4. The fraction of sp³-hybridized carbons (Fsp3) is 0.647. The summed E-state index contributed by atoms with van der Waals surface area (Å²) in [5.41, 5.74) is 0. The molecule has 0 radical (unpaired) electrons. The van der Waals surface area contributed by atoms with E-state index in [0.717, 1.165) is 0 Å². The van der Waals surface area contributed by atoms with Gasteiger partial charge in [0, 0.05) is 19.1 Å². The van der Waals surface area contributed by atoms with Crippen LogP contribution < -0.4 is 4.74 Å². The maximum absolute atomic E-state index is 12.8. The molecule has 0 unspecified atom stereocenters. The molecule has 2 atom stereocenters. The second-order valence-electron chi connectivity index (χ2n) is 6.87. The van der Waals surface area contributed by atoms with E-state index in [0.29, 0.717) is 30.7 Å². The largest absolute Gasteiger partial charge is 0.492 e. The van der Waals surface area contributed by atoms with E-state index in [2.05, 4.69) is 18.7 Å². The lowest BCUT2D eigenvalue weighted by atomic mass is 9.91. The van der Waals surface area contributed by atoms with Crippen LogP contribution in [0.15, 0.2) is 24.3 Å². The van der Waals surface area contributed by atoms with Gasteiger partial charge in [0.05, 0.1) is 5.75 Å². The highest BCUT2D eigenvalue weighted by molar-refractivity contribution is 7.89. The molecule has 1 saturated heterocycles. The summed E-state index contributed by atoms with van der Waals surface area (Å²) in [6, 6.07) is 5.81. The molecule has 1 aromatic carbocycles. The third kappa shape index (κ3) is 4.68. The van der Waals surface area contributed by atoms with Gasteiger partial charge in [0.15, 0.2) is 0 Å². The van der Waals surface area contributed by atoms with Gasteiger partial charge in [-0.15, -0.1) is 0 Å². The van der Waals surface area contributed by atoms with E-state index in [1.165, 1.54) is 24.3 Å². The van der Waals surface area contributed by atoms with Crippen molar-refractivity contribution in [3.05, 3.63) is 30.1 Å². The molecule has 2 rings (SSSR count). The normalized spacial score (nSPS) is 22.5. The van der Waals surface area contributed by atoms with Crippen molar-refractivity contribution in [1.29, 1.82) is 0 Å². The first-order valence-corrected chi connectivity index (χ1v) is 9.84. The van der Waals surface area contributed by atoms with E-state index in [1.54, 1.807) is 4.31 Å². The lowest BCUT2D eigenvalue weighted by Gasteiger charge is -2.27. The highest BCUT2D eigenvalue weighted by atomic mass is 32.2. The second kappa shape index (κ2) is 7.80. The minimum atomic E-state index is -3.36. The SMILES string of the molecule is CC(C)[C@@H]1CN(S(=O)(=O)CCOc2ccc(F)cc2)C[C@H]1N(C)C. The van der Waals surface area contributed by atoms with E-state index in [-0.39, 0.29) is 24.2 Å². The minimum Gasteiger partial charge on any atom is -0.492 e. The van der Waals surface area contributed by atoms with E-state index in [4.69, 9.17) is 4.74 Å². The summed E-state index contributed by atoms with van der Waals surface area (Å²) in [5, 5.41) is 0. The van der Waals surface area contributed by atoms with Gasteiger partial charge in [-0.2, -0.15) is 4.31 Å². The van der Waals surface area contributed by atoms with E-state index >= 15 is 0 Å². The third-order valence-electron chi connectivity index (χ3n) is 4.64. The molecule has 1 heterocycles. The highest BCUT2D eigenvalue weighted by Gasteiger charge is 2.40. The molecular weight excluding hydrogens is 331 g/mol. The van der Waals surface area contributed by atoms with Crippen LogP contribution in [-0.2, 0) is 10.0 Å². The van der Waals surface area contributed by atoms with Gasteiger partial charge < -0.3 is 9.64 Å². The van der Waals surface area contributed by atoms with Crippen LogP contribution in [-0.4, -0.2) is 63.2 Å². The predicted molar refractivity (Wildman–Crippen MR) is 93.1 cm³/mol. The van der Waals surface area contributed by atoms with Gasteiger partial charge in [0.25, 0.3) is 0 Å². The number of ether oxygens (including phenoxy) is 1. The molecular formula is C17H27FN2O3S. The van der Waals surface area contributed by atoms with Crippen molar-refractivity contribution in [2.24, 2.45) is 11.8 Å². The number of halogens is 1. The molecule has 0 amide bonds. The summed E-state index contributed by atoms with van der Waals surface area (Å²) in [6.45, 7) is 5.40. The van der Waals surface area contributed by atoms with Crippen LogP contribution in [0.3, 0.4) is 0 Å². The Balaban J connectivity index is 1.94. The summed E-state index contributed by atoms with van der Waals surface area (Å²) < 4.78 is 45.0. The van der Waals surface area contributed by atoms with Crippen LogP contribution >= 0.6 is 0 Å². The van der Waals surface area contributed by atoms with Gasteiger partial charge >= 0.3 is 0 Å². The standard InChI is InChI=1S/C17H27FN2O3S/c1-13(2)16-11-20(12-17(16)19(3)4)24(21,22)10-9-23-15-7-5-14(18)6-8-15/h5-8,13,16-17H,9-12H2,1-4H3/t16-,17+/m0/s1. The first-order chi connectivity index (χ1) is 11.2. The quantitative estimate of drug-likeness (QED) is 0.749. The minimum absolute atomic E-state index is 0.0590. The molecule has 1 fully saturated rings. The Kier molecular flexibility index (Phi) is 6.22. The fourth-order valence-electron chi connectivity index (χ4n) is 3.13. The van der Waals surface area contributed by atoms with Gasteiger partial charge in [-0.3, -0.25) is 0 Å². The number of benzene rings is 1. The maximum atomic E-state index is 12.8. The lowest BCUT2D eigenvalue weighted by Crippen LogP contribution is -2.38. The summed E-state index contributed by atoms with van der Waals surface area (Å²) in [7, 11) is 0.624. The van der Waals surface area contributed by atoms with Crippen LogP contribution in [0.5, 0.6) is 5.75 Å². The van der Waals surface area contributed by atoms with E-state index < -0.39 is 10.0 Å². The molecule has 0 N–H and O–H groups in total. The van der Waals surface area contributed by atoms with Crippen molar-refractivity contribution in [3.63, 3.8) is 0 Å². The number of hydrogen-bond donors (Lipinski definition) is 0. The van der Waals surface area contributed by atoms with Crippen LogP contribution in [0.2, 0.25) is 0 Å². The molecule has 1 aromatic rings. The van der Waals surface area contributed by atoms with Crippen LogP contribution in [0.1, 0.15) is 13.8 Å². The molecule has 1 aliphatic rings. The Morgan fingerprint density at radius 1 is 1.25 bits per heavy atom. The van der Waals surface area contributed by atoms with Crippen molar-refractivity contribution >= 4 is 10.0 Å². The lowest BCUT2D eigenvalue weighted by molar-refractivity contribution is 0.216. The van der Waals surface area contributed by atoms with Crippen molar-refractivity contribution in [2.75, 3.05) is 39.5 Å². The van der Waals surface area contributed by atoms with Gasteiger partial charge in [0.2, 0.25) is 10.0 Å². The number of nitrogens with zero attached hydrogens (tertiary/aromatic N) is 2. The average molecular weight is 358 g/mol. The Bertz CT molecular complexity index is 616. The Morgan fingerprint density at radius 3 is 2.38 bits per heavy atom. The second-order valence-corrected chi connectivity index (χ2v) is 8.96. The first kappa shape index (κ1) is 19.1. The highest BCUT2D eigenvalue weighted by Crippen LogP contribution is 2.29. The molecule has 0 spiro atoms. The Morgan fingerprint density at radius 2 is 1.88 bits per heavy atom. The summed E-state index contributed by atoms with van der Waals surface area (Å²) in [4.78, 5) is 2.11.